The molecule has 6 heteroatoms. The zero-order valence-corrected chi connectivity index (χ0v) is 8.36. The molecule has 0 bridgehead atoms. The molecule has 0 aliphatic carbocycles. The maximum absolute atomic E-state index is 11.1. The molecule has 0 saturated heterocycles. The SMILES string of the molecule is Cc1nc(I)cc2n[nH]c(=O)n12. The van der Waals surface area contributed by atoms with E-state index in [1.54, 1.807) is 13.0 Å². The van der Waals surface area contributed by atoms with E-state index in [0.29, 0.717) is 11.5 Å². The van der Waals surface area contributed by atoms with Crippen LogP contribution < -0.4 is 5.69 Å². The molecule has 2 rings (SSSR count). The monoisotopic (exact) mass is 276 g/mol. The highest BCUT2D eigenvalue weighted by atomic mass is 127. The number of nitrogens with one attached hydrogen (secondary N) is 1. The van der Waals surface area contributed by atoms with Crippen molar-refractivity contribution in [3.63, 3.8) is 0 Å². The van der Waals surface area contributed by atoms with Gasteiger partial charge >= 0.3 is 5.69 Å². The fourth-order valence-corrected chi connectivity index (χ4v) is 1.69. The summed E-state index contributed by atoms with van der Waals surface area (Å²) in [7, 11) is 0. The Balaban J connectivity index is 3.03. The fourth-order valence-electron chi connectivity index (χ4n) is 1.06. The molecule has 12 heavy (non-hydrogen) atoms. The van der Waals surface area contributed by atoms with Gasteiger partial charge < -0.3 is 0 Å². The third kappa shape index (κ3) is 1.02. The van der Waals surface area contributed by atoms with Crippen LogP contribution in [-0.2, 0) is 0 Å². The lowest BCUT2D eigenvalue weighted by atomic mass is 10.5. The van der Waals surface area contributed by atoms with E-state index in [0.717, 1.165) is 3.70 Å². The second kappa shape index (κ2) is 2.54. The molecule has 0 saturated carbocycles. The van der Waals surface area contributed by atoms with E-state index in [9.17, 15) is 4.79 Å². The molecule has 0 spiro atoms. The highest BCUT2D eigenvalue weighted by Gasteiger charge is 2.03. The van der Waals surface area contributed by atoms with Gasteiger partial charge in [-0.05, 0) is 29.5 Å². The Morgan fingerprint density at radius 2 is 2.42 bits per heavy atom. The average molecular weight is 276 g/mol. The van der Waals surface area contributed by atoms with Crippen LogP contribution in [0.4, 0.5) is 0 Å². The van der Waals surface area contributed by atoms with E-state index in [1.165, 1.54) is 4.40 Å². The smallest absolute Gasteiger partial charge is 0.246 e. The highest BCUT2D eigenvalue weighted by Crippen LogP contribution is 2.04. The number of hydrogen-bond donors (Lipinski definition) is 1. The second-order valence-corrected chi connectivity index (χ2v) is 3.45. The number of fused-ring (bicyclic) bond motifs is 1. The van der Waals surface area contributed by atoms with E-state index in [4.69, 9.17) is 0 Å². The summed E-state index contributed by atoms with van der Waals surface area (Å²) >= 11 is 2.08. The Labute approximate surface area is 81.0 Å². The molecular formula is C6H5IN4O. The van der Waals surface area contributed by atoms with Crippen LogP contribution >= 0.6 is 22.6 Å². The number of H-pyrrole nitrogens is 1. The van der Waals surface area contributed by atoms with Gasteiger partial charge in [0.05, 0.1) is 0 Å². The summed E-state index contributed by atoms with van der Waals surface area (Å²) in [5.41, 5.74) is 0.364. The van der Waals surface area contributed by atoms with Gasteiger partial charge in [0, 0.05) is 6.07 Å². The van der Waals surface area contributed by atoms with Gasteiger partial charge in [-0.3, -0.25) is 0 Å². The molecule has 0 aliphatic heterocycles. The Bertz CT molecular complexity index is 486. The number of aryl methyl sites for hydroxylation is 1. The molecule has 0 unspecified atom stereocenters. The van der Waals surface area contributed by atoms with Crippen molar-refractivity contribution in [3.8, 4) is 0 Å². The number of aromatic amines is 1. The minimum atomic E-state index is -0.244. The van der Waals surface area contributed by atoms with Crippen LogP contribution in [0.25, 0.3) is 5.65 Å². The summed E-state index contributed by atoms with van der Waals surface area (Å²) in [6.07, 6.45) is 0. The number of hydrogen-bond acceptors (Lipinski definition) is 3. The van der Waals surface area contributed by atoms with Crippen LogP contribution in [-0.4, -0.2) is 19.6 Å². The van der Waals surface area contributed by atoms with E-state index in [2.05, 4.69) is 37.8 Å². The Morgan fingerprint density at radius 1 is 1.67 bits per heavy atom. The van der Waals surface area contributed by atoms with E-state index >= 15 is 0 Å². The quantitative estimate of drug-likeness (QED) is 0.557. The molecule has 2 aromatic heterocycles. The number of nitrogens with zero attached hydrogens (tertiary/aromatic N) is 3. The van der Waals surface area contributed by atoms with Crippen molar-refractivity contribution in [3.05, 3.63) is 26.1 Å². The fraction of sp³-hybridized carbons (Fsp3) is 0.167. The maximum Gasteiger partial charge on any atom is 0.349 e. The molecule has 5 nitrogen and oxygen atoms in total. The van der Waals surface area contributed by atoms with Crippen LogP contribution in [0, 0.1) is 10.6 Å². The Kier molecular flexibility index (Phi) is 1.63. The molecule has 0 amide bonds. The van der Waals surface area contributed by atoms with Gasteiger partial charge in [-0.2, -0.15) is 5.10 Å². The lowest BCUT2D eigenvalue weighted by Crippen LogP contribution is -2.13. The van der Waals surface area contributed by atoms with Crippen LogP contribution in [0.2, 0.25) is 0 Å². The van der Waals surface area contributed by atoms with Crippen molar-refractivity contribution in [2.24, 2.45) is 0 Å². The van der Waals surface area contributed by atoms with Gasteiger partial charge in [-0.1, -0.05) is 0 Å². The van der Waals surface area contributed by atoms with Gasteiger partial charge in [0.2, 0.25) is 0 Å². The van der Waals surface area contributed by atoms with E-state index in [1.807, 2.05) is 0 Å². The number of aromatic nitrogens is 4. The topological polar surface area (TPSA) is 63.0 Å². The summed E-state index contributed by atoms with van der Waals surface area (Å²) in [5, 5.41) is 6.18. The minimum Gasteiger partial charge on any atom is -0.246 e. The molecule has 62 valence electrons. The first-order valence-electron chi connectivity index (χ1n) is 3.29. The van der Waals surface area contributed by atoms with Gasteiger partial charge in [0.15, 0.2) is 5.65 Å². The molecule has 0 aliphatic rings. The van der Waals surface area contributed by atoms with E-state index < -0.39 is 0 Å². The third-order valence-electron chi connectivity index (χ3n) is 1.54. The van der Waals surface area contributed by atoms with Crippen molar-refractivity contribution in [1.82, 2.24) is 19.6 Å². The van der Waals surface area contributed by atoms with Gasteiger partial charge in [0.25, 0.3) is 0 Å². The van der Waals surface area contributed by atoms with Crippen LogP contribution in [0.15, 0.2) is 10.9 Å². The minimum absolute atomic E-state index is 0.244. The van der Waals surface area contributed by atoms with Crippen molar-refractivity contribution in [2.45, 2.75) is 6.92 Å². The third-order valence-corrected chi connectivity index (χ3v) is 2.09. The van der Waals surface area contributed by atoms with Crippen molar-refractivity contribution < 1.29 is 0 Å². The summed E-state index contributed by atoms with van der Waals surface area (Å²) in [6.45, 7) is 1.77. The average Bonchev–Trinajstić information content (AvgIpc) is 2.31. The molecule has 0 radical (unpaired) electrons. The van der Waals surface area contributed by atoms with Gasteiger partial charge in [-0.15, -0.1) is 0 Å². The number of halogens is 1. The molecule has 0 fully saturated rings. The molecular weight excluding hydrogens is 271 g/mol. The number of rotatable bonds is 0. The lowest BCUT2D eigenvalue weighted by Gasteiger charge is -1.95. The molecule has 0 atom stereocenters. The Hall–Kier alpha value is -0.920. The van der Waals surface area contributed by atoms with Crippen LogP contribution in [0.1, 0.15) is 5.82 Å². The Morgan fingerprint density at radius 3 is 3.17 bits per heavy atom. The largest absolute Gasteiger partial charge is 0.349 e. The first kappa shape index (κ1) is 7.71. The standard InChI is InChI=1S/C6H5IN4O/c1-3-8-4(7)2-5-9-10-6(12)11(3)5/h2H,1H3,(H,10,12). The summed E-state index contributed by atoms with van der Waals surface area (Å²) < 4.78 is 2.26. The van der Waals surface area contributed by atoms with Crippen molar-refractivity contribution in [1.29, 1.82) is 0 Å². The van der Waals surface area contributed by atoms with Gasteiger partial charge in [-0.25, -0.2) is 19.3 Å². The maximum atomic E-state index is 11.1. The zero-order chi connectivity index (χ0) is 8.72. The van der Waals surface area contributed by atoms with E-state index in [-0.39, 0.29) is 5.69 Å². The zero-order valence-electron chi connectivity index (χ0n) is 6.21. The van der Waals surface area contributed by atoms with Crippen LogP contribution in [0.5, 0.6) is 0 Å². The summed E-state index contributed by atoms with van der Waals surface area (Å²) in [5.74, 6) is 0.649. The molecule has 1 N–H and O–H groups in total. The van der Waals surface area contributed by atoms with Gasteiger partial charge in [0.1, 0.15) is 9.53 Å². The molecule has 2 aromatic rings. The van der Waals surface area contributed by atoms with Crippen molar-refractivity contribution in [2.75, 3.05) is 0 Å². The molecule has 0 aromatic carbocycles. The highest BCUT2D eigenvalue weighted by molar-refractivity contribution is 14.1. The first-order chi connectivity index (χ1) is 5.68. The van der Waals surface area contributed by atoms with Crippen LogP contribution in [0.3, 0.4) is 0 Å². The second-order valence-electron chi connectivity index (χ2n) is 2.35. The van der Waals surface area contributed by atoms with Crippen molar-refractivity contribution >= 4 is 28.2 Å². The predicted octanol–water partition coefficient (Wildman–Crippen LogP) is 0.331. The molecule has 2 heterocycles. The summed E-state index contributed by atoms with van der Waals surface area (Å²) in [4.78, 5) is 15.2. The summed E-state index contributed by atoms with van der Waals surface area (Å²) in [6, 6.07) is 1.74. The first-order valence-corrected chi connectivity index (χ1v) is 4.36. The normalized spacial score (nSPS) is 10.8. The predicted molar refractivity (Wildman–Crippen MR) is 51.1 cm³/mol. The lowest BCUT2D eigenvalue weighted by molar-refractivity contribution is 0.926.